The molecule has 2 aromatic rings. The van der Waals surface area contributed by atoms with Crippen LogP contribution < -0.4 is 10.6 Å². The Hall–Kier alpha value is -3.12. The number of fused-ring (bicyclic) bond motifs is 2. The molecule has 4 aliphatic rings. The standard InChI is InChI=1S/C33H43N3O3/c1-33(2,3)39-32(38)34-21-24-6-4-8-28(18-24)26-14-16-36(17-15-26)22-25-7-5-9-29(19-25)35-31(37)30-20-23-10-12-27(30)13-11-23/h4-10,12,18-19,23,26-27,30H,11,13-17,20-22H2,1-3H3,(H,34,38)(H,35,37). The zero-order chi connectivity index (χ0) is 27.4. The van der Waals surface area contributed by atoms with Crippen LogP contribution in [0.1, 0.15) is 75.5 Å². The Morgan fingerprint density at radius 2 is 1.72 bits per heavy atom. The van der Waals surface area contributed by atoms with E-state index in [0.29, 0.717) is 24.3 Å². The third kappa shape index (κ3) is 7.51. The maximum absolute atomic E-state index is 13.0. The first-order valence-corrected chi connectivity index (χ1v) is 14.6. The molecule has 208 valence electrons. The van der Waals surface area contributed by atoms with Crippen LogP contribution in [0.2, 0.25) is 0 Å². The summed E-state index contributed by atoms with van der Waals surface area (Å²) < 4.78 is 5.35. The molecule has 3 atom stereocenters. The first kappa shape index (κ1) is 27.4. The number of allylic oxidation sites excluding steroid dienone is 2. The molecule has 2 N–H and O–H groups in total. The van der Waals surface area contributed by atoms with Crippen molar-refractivity contribution in [2.24, 2.45) is 17.8 Å². The van der Waals surface area contributed by atoms with Crippen molar-refractivity contribution < 1.29 is 14.3 Å². The lowest BCUT2D eigenvalue weighted by molar-refractivity contribution is -0.122. The second-order valence-electron chi connectivity index (χ2n) is 12.6. The highest BCUT2D eigenvalue weighted by atomic mass is 16.6. The van der Waals surface area contributed by atoms with Crippen molar-refractivity contribution >= 4 is 17.7 Å². The van der Waals surface area contributed by atoms with Crippen LogP contribution in [0.15, 0.2) is 60.7 Å². The summed E-state index contributed by atoms with van der Waals surface area (Å²) in [5.74, 6) is 1.80. The van der Waals surface area contributed by atoms with Crippen molar-refractivity contribution in [2.75, 3.05) is 18.4 Å². The maximum Gasteiger partial charge on any atom is 0.407 e. The summed E-state index contributed by atoms with van der Waals surface area (Å²) in [5, 5.41) is 6.07. The minimum absolute atomic E-state index is 0.114. The monoisotopic (exact) mass is 529 g/mol. The van der Waals surface area contributed by atoms with E-state index < -0.39 is 5.60 Å². The lowest BCUT2D eigenvalue weighted by atomic mass is 9.69. The topological polar surface area (TPSA) is 70.7 Å². The molecule has 1 saturated carbocycles. The zero-order valence-electron chi connectivity index (χ0n) is 23.6. The van der Waals surface area contributed by atoms with Gasteiger partial charge in [-0.1, -0.05) is 48.6 Å². The van der Waals surface area contributed by atoms with Gasteiger partial charge in [-0.05, 0) is 113 Å². The molecule has 6 heteroatoms. The van der Waals surface area contributed by atoms with E-state index in [9.17, 15) is 9.59 Å². The predicted octanol–water partition coefficient (Wildman–Crippen LogP) is 6.63. The van der Waals surface area contributed by atoms with Crippen LogP contribution >= 0.6 is 0 Å². The van der Waals surface area contributed by atoms with Crippen LogP contribution in [0.25, 0.3) is 0 Å². The van der Waals surface area contributed by atoms with Gasteiger partial charge in [0, 0.05) is 24.7 Å². The molecule has 2 amide bonds. The molecule has 3 aliphatic carbocycles. The molecule has 3 unspecified atom stereocenters. The maximum atomic E-state index is 13.0. The Bertz CT molecular complexity index is 1190. The van der Waals surface area contributed by atoms with E-state index in [-0.39, 0.29) is 17.9 Å². The van der Waals surface area contributed by atoms with Gasteiger partial charge in [-0.25, -0.2) is 4.79 Å². The Kier molecular flexibility index (Phi) is 8.41. The van der Waals surface area contributed by atoms with E-state index in [2.05, 4.69) is 70.2 Å². The number of likely N-dealkylation sites (tertiary alicyclic amines) is 1. The third-order valence-electron chi connectivity index (χ3n) is 8.36. The van der Waals surface area contributed by atoms with Crippen molar-refractivity contribution in [2.45, 2.75) is 77.5 Å². The van der Waals surface area contributed by atoms with Gasteiger partial charge < -0.3 is 15.4 Å². The summed E-state index contributed by atoms with van der Waals surface area (Å²) in [6.07, 6.45) is 9.76. The van der Waals surface area contributed by atoms with Gasteiger partial charge >= 0.3 is 6.09 Å². The fourth-order valence-corrected chi connectivity index (χ4v) is 6.34. The van der Waals surface area contributed by atoms with E-state index in [1.807, 2.05) is 26.8 Å². The van der Waals surface area contributed by atoms with Gasteiger partial charge in [0.1, 0.15) is 5.60 Å². The molecule has 2 fully saturated rings. The number of rotatable bonds is 7. The van der Waals surface area contributed by atoms with Crippen LogP contribution in [0.4, 0.5) is 10.5 Å². The molecule has 0 spiro atoms. The van der Waals surface area contributed by atoms with Crippen LogP contribution in [-0.2, 0) is 22.6 Å². The van der Waals surface area contributed by atoms with Gasteiger partial charge in [-0.15, -0.1) is 0 Å². The largest absolute Gasteiger partial charge is 0.444 e. The Labute approximate surface area is 233 Å². The molecule has 6 rings (SSSR count). The fraction of sp³-hybridized carbons (Fsp3) is 0.515. The number of nitrogens with zero attached hydrogens (tertiary/aromatic N) is 1. The average molecular weight is 530 g/mol. The number of hydrogen-bond donors (Lipinski definition) is 2. The van der Waals surface area contributed by atoms with E-state index in [0.717, 1.165) is 56.6 Å². The molecule has 2 bridgehead atoms. The normalized spacial score (nSPS) is 23.4. The number of carbonyl (C=O) groups excluding carboxylic acids is 2. The predicted molar refractivity (Wildman–Crippen MR) is 155 cm³/mol. The first-order chi connectivity index (χ1) is 18.7. The highest BCUT2D eigenvalue weighted by molar-refractivity contribution is 5.93. The molecule has 1 aliphatic heterocycles. The second kappa shape index (κ2) is 12.0. The molecule has 1 saturated heterocycles. The quantitative estimate of drug-likeness (QED) is 0.395. The number of amides is 2. The van der Waals surface area contributed by atoms with Crippen molar-refractivity contribution in [3.8, 4) is 0 Å². The number of hydrogen-bond acceptors (Lipinski definition) is 4. The number of ether oxygens (including phenoxy) is 1. The minimum Gasteiger partial charge on any atom is -0.444 e. The second-order valence-corrected chi connectivity index (χ2v) is 12.6. The van der Waals surface area contributed by atoms with Gasteiger partial charge in [0.15, 0.2) is 0 Å². The number of anilines is 1. The Balaban J connectivity index is 1.10. The van der Waals surface area contributed by atoms with Crippen LogP contribution in [-0.4, -0.2) is 35.6 Å². The van der Waals surface area contributed by atoms with Gasteiger partial charge in [-0.3, -0.25) is 9.69 Å². The van der Waals surface area contributed by atoms with E-state index in [1.54, 1.807) is 0 Å². The number of benzene rings is 2. The highest BCUT2D eigenvalue weighted by Gasteiger charge is 2.36. The van der Waals surface area contributed by atoms with Gasteiger partial charge in [0.2, 0.25) is 5.91 Å². The SMILES string of the molecule is CC(C)(C)OC(=O)NCc1cccc(C2CCN(Cc3cccc(NC(=O)C4CC5C=CC4CC5)c3)CC2)c1. The molecule has 2 aromatic carbocycles. The van der Waals surface area contributed by atoms with Gasteiger partial charge in [0.05, 0.1) is 0 Å². The highest BCUT2D eigenvalue weighted by Crippen LogP contribution is 2.41. The van der Waals surface area contributed by atoms with Crippen molar-refractivity contribution in [3.05, 3.63) is 77.4 Å². The number of carbonyl (C=O) groups is 2. The molecule has 6 nitrogen and oxygen atoms in total. The minimum atomic E-state index is -0.498. The van der Waals surface area contributed by atoms with Crippen molar-refractivity contribution in [1.29, 1.82) is 0 Å². The summed E-state index contributed by atoms with van der Waals surface area (Å²) in [4.78, 5) is 27.5. The average Bonchev–Trinajstić information content (AvgIpc) is 2.92. The summed E-state index contributed by atoms with van der Waals surface area (Å²) in [6, 6.07) is 16.9. The Morgan fingerprint density at radius 3 is 2.41 bits per heavy atom. The van der Waals surface area contributed by atoms with Crippen molar-refractivity contribution in [3.63, 3.8) is 0 Å². The molecule has 39 heavy (non-hydrogen) atoms. The first-order valence-electron chi connectivity index (χ1n) is 14.6. The molecule has 0 aromatic heterocycles. The number of alkyl carbamates (subject to hydrolysis) is 1. The van der Waals surface area contributed by atoms with Crippen LogP contribution in [0.5, 0.6) is 0 Å². The molecular weight excluding hydrogens is 486 g/mol. The number of nitrogens with one attached hydrogen (secondary N) is 2. The van der Waals surface area contributed by atoms with Crippen LogP contribution in [0, 0.1) is 17.8 Å². The number of piperidine rings is 1. The van der Waals surface area contributed by atoms with Crippen molar-refractivity contribution in [1.82, 2.24) is 10.2 Å². The lowest BCUT2D eigenvalue weighted by Crippen LogP contribution is -2.36. The summed E-state index contributed by atoms with van der Waals surface area (Å²) in [6.45, 7) is 9.05. The van der Waals surface area contributed by atoms with Gasteiger partial charge in [-0.2, -0.15) is 0 Å². The third-order valence-corrected chi connectivity index (χ3v) is 8.36. The summed E-state index contributed by atoms with van der Waals surface area (Å²) in [7, 11) is 0. The van der Waals surface area contributed by atoms with E-state index in [4.69, 9.17) is 4.74 Å². The smallest absolute Gasteiger partial charge is 0.407 e. The molecule has 1 heterocycles. The molecule has 0 radical (unpaired) electrons. The fourth-order valence-electron chi connectivity index (χ4n) is 6.34. The summed E-state index contributed by atoms with van der Waals surface area (Å²) in [5.41, 5.74) is 4.09. The zero-order valence-corrected chi connectivity index (χ0v) is 23.6. The van der Waals surface area contributed by atoms with E-state index >= 15 is 0 Å². The van der Waals surface area contributed by atoms with E-state index in [1.165, 1.54) is 17.5 Å². The van der Waals surface area contributed by atoms with Crippen LogP contribution in [0.3, 0.4) is 0 Å². The van der Waals surface area contributed by atoms with Gasteiger partial charge in [0.25, 0.3) is 0 Å². The summed E-state index contributed by atoms with van der Waals surface area (Å²) >= 11 is 0. The Morgan fingerprint density at radius 1 is 0.949 bits per heavy atom. The lowest BCUT2D eigenvalue weighted by Gasteiger charge is -2.37. The molecular formula is C33H43N3O3.